The van der Waals surface area contributed by atoms with Gasteiger partial charge < -0.3 is 9.63 Å². The van der Waals surface area contributed by atoms with E-state index in [-0.39, 0.29) is 10.8 Å². The summed E-state index contributed by atoms with van der Waals surface area (Å²) in [6.45, 7) is 4.12. The third-order valence-corrected chi connectivity index (χ3v) is 4.58. The fraction of sp³-hybridized carbons (Fsp3) is 0.556. The van der Waals surface area contributed by atoms with Gasteiger partial charge in [0.25, 0.3) is 0 Å². The Balaban J connectivity index is 2.84. The Kier molecular flexibility index (Phi) is 3.82. The molecule has 1 aliphatic rings. The summed E-state index contributed by atoms with van der Waals surface area (Å²) in [7, 11) is -2.83. The Morgan fingerprint density at radius 2 is 2.36 bits per heavy atom. The average Bonchev–Trinajstić information content (AvgIpc) is 2.11. The molecule has 1 heterocycles. The summed E-state index contributed by atoms with van der Waals surface area (Å²) in [5.74, 6) is 1.12. The lowest BCUT2D eigenvalue weighted by Gasteiger charge is -2.20. The van der Waals surface area contributed by atoms with Gasteiger partial charge in [0.1, 0.15) is 5.76 Å². The van der Waals surface area contributed by atoms with Crippen LogP contribution in [0, 0.1) is 0 Å². The van der Waals surface area contributed by atoms with Gasteiger partial charge in [-0.25, -0.2) is 0 Å². The van der Waals surface area contributed by atoms with E-state index in [0.717, 1.165) is 6.42 Å². The molecule has 3 nitrogen and oxygen atoms in total. The summed E-state index contributed by atoms with van der Waals surface area (Å²) in [4.78, 5) is 0. The van der Waals surface area contributed by atoms with Crippen LogP contribution in [0.25, 0.3) is 0 Å². The highest BCUT2D eigenvalue weighted by atomic mass is 35.5. The largest absolute Gasteiger partial charge is 0.506 e. The Labute approximate surface area is 88.9 Å². The first kappa shape index (κ1) is 11.8. The smallest absolute Gasteiger partial charge is 0.232 e. The van der Waals surface area contributed by atoms with Gasteiger partial charge in [-0.15, -0.1) is 0 Å². The van der Waals surface area contributed by atoms with Crippen LogP contribution in [0.4, 0.5) is 0 Å². The highest BCUT2D eigenvalue weighted by Crippen LogP contribution is 2.54. The molecule has 0 fully saturated rings. The molecule has 0 amide bonds. The molecule has 0 aromatic carbocycles. The molecule has 0 radical (unpaired) electrons. The van der Waals surface area contributed by atoms with Crippen LogP contribution < -0.4 is 0 Å². The maximum Gasteiger partial charge on any atom is 0.232 e. The van der Waals surface area contributed by atoms with Crippen molar-refractivity contribution in [1.82, 2.24) is 0 Å². The van der Waals surface area contributed by atoms with E-state index in [1.54, 1.807) is 6.92 Å². The van der Waals surface area contributed by atoms with Crippen LogP contribution >= 0.6 is 19.0 Å². The van der Waals surface area contributed by atoms with Gasteiger partial charge >= 0.3 is 0 Å². The fourth-order valence-electron chi connectivity index (χ4n) is 1.24. The van der Waals surface area contributed by atoms with Gasteiger partial charge in [-0.05, 0) is 18.9 Å². The van der Waals surface area contributed by atoms with Crippen molar-refractivity contribution >= 4 is 19.0 Å². The molecule has 80 valence electrons. The Hall–Kier alpha value is -0.240. The molecule has 5 heteroatoms. The minimum atomic E-state index is -2.83. The standard InChI is InChI=1S/C9H14ClO3P/c1-3-4-13-14(12)5-7(2)9(10)8(11)6-14/h6,11H,3-5H2,1-2H3/t14-/m1/s1. The quantitative estimate of drug-likeness (QED) is 0.762. The van der Waals surface area contributed by atoms with Gasteiger partial charge in [0.05, 0.1) is 17.8 Å². The van der Waals surface area contributed by atoms with E-state index in [9.17, 15) is 9.67 Å². The SMILES string of the molecule is CCCO[P@@]1(=O)C=C(O)C(Cl)=C(C)C1. The number of hydrogen-bond donors (Lipinski definition) is 1. The van der Waals surface area contributed by atoms with Crippen molar-refractivity contribution in [2.75, 3.05) is 12.8 Å². The van der Waals surface area contributed by atoms with Gasteiger partial charge in [0.2, 0.25) is 7.37 Å². The normalized spacial score (nSPS) is 27.8. The minimum absolute atomic E-state index is 0.130. The monoisotopic (exact) mass is 236 g/mol. The van der Waals surface area contributed by atoms with E-state index in [4.69, 9.17) is 16.1 Å². The van der Waals surface area contributed by atoms with E-state index in [1.807, 2.05) is 6.92 Å². The van der Waals surface area contributed by atoms with Crippen molar-refractivity contribution in [1.29, 1.82) is 0 Å². The summed E-state index contributed by atoms with van der Waals surface area (Å²) in [6.07, 6.45) is 1.10. The van der Waals surface area contributed by atoms with E-state index in [1.165, 1.54) is 5.82 Å². The van der Waals surface area contributed by atoms with Crippen LogP contribution in [0.3, 0.4) is 0 Å². The van der Waals surface area contributed by atoms with Gasteiger partial charge in [-0.3, -0.25) is 4.57 Å². The average molecular weight is 237 g/mol. The molecule has 0 unspecified atom stereocenters. The predicted molar refractivity (Wildman–Crippen MR) is 58.0 cm³/mol. The molecule has 1 rings (SSSR count). The molecule has 0 aromatic rings. The van der Waals surface area contributed by atoms with Crippen molar-refractivity contribution < 1.29 is 14.2 Å². The molecule has 0 aromatic heterocycles. The van der Waals surface area contributed by atoms with Gasteiger partial charge in [-0.1, -0.05) is 18.5 Å². The number of allylic oxidation sites excluding steroid dienone is 2. The molecule has 0 aliphatic carbocycles. The zero-order valence-electron chi connectivity index (χ0n) is 8.29. The molecular formula is C9H14ClO3P. The van der Waals surface area contributed by atoms with Gasteiger partial charge in [-0.2, -0.15) is 0 Å². The Morgan fingerprint density at radius 3 is 2.86 bits per heavy atom. The van der Waals surface area contributed by atoms with Crippen LogP contribution in [-0.2, 0) is 9.09 Å². The maximum atomic E-state index is 12.0. The lowest BCUT2D eigenvalue weighted by Crippen LogP contribution is -2.03. The molecule has 0 bridgehead atoms. The summed E-state index contributed by atoms with van der Waals surface area (Å²) in [6, 6.07) is 0. The zero-order chi connectivity index (χ0) is 10.8. The second-order valence-electron chi connectivity index (χ2n) is 3.33. The van der Waals surface area contributed by atoms with E-state index >= 15 is 0 Å². The number of aliphatic hydroxyl groups excluding tert-OH is 1. The van der Waals surface area contributed by atoms with Crippen LogP contribution in [0.1, 0.15) is 20.3 Å². The molecule has 14 heavy (non-hydrogen) atoms. The lowest BCUT2D eigenvalue weighted by molar-refractivity contribution is 0.318. The van der Waals surface area contributed by atoms with E-state index in [2.05, 4.69) is 0 Å². The third kappa shape index (κ3) is 2.63. The Morgan fingerprint density at radius 1 is 1.71 bits per heavy atom. The molecule has 1 N–H and O–H groups in total. The fourth-order valence-corrected chi connectivity index (χ4v) is 3.60. The van der Waals surface area contributed by atoms with Crippen molar-refractivity contribution in [3.05, 3.63) is 22.2 Å². The molecule has 0 spiro atoms. The zero-order valence-corrected chi connectivity index (χ0v) is 9.94. The molecular weight excluding hydrogens is 223 g/mol. The second kappa shape index (κ2) is 4.52. The highest BCUT2D eigenvalue weighted by molar-refractivity contribution is 7.62. The van der Waals surface area contributed by atoms with E-state index in [0.29, 0.717) is 18.3 Å². The Bertz CT molecular complexity index is 333. The number of hydrogen-bond acceptors (Lipinski definition) is 3. The number of aliphatic hydroxyl groups is 1. The van der Waals surface area contributed by atoms with Crippen LogP contribution in [-0.4, -0.2) is 17.9 Å². The first-order valence-corrected chi connectivity index (χ1v) is 6.75. The summed E-state index contributed by atoms with van der Waals surface area (Å²) < 4.78 is 17.2. The first-order chi connectivity index (χ1) is 6.48. The molecule has 1 aliphatic heterocycles. The first-order valence-electron chi connectivity index (χ1n) is 4.49. The summed E-state index contributed by atoms with van der Waals surface area (Å²) in [5.41, 5.74) is 0.714. The lowest BCUT2D eigenvalue weighted by atomic mass is 10.3. The summed E-state index contributed by atoms with van der Waals surface area (Å²) in [5, 5.41) is 9.69. The van der Waals surface area contributed by atoms with Crippen molar-refractivity contribution in [3.8, 4) is 0 Å². The van der Waals surface area contributed by atoms with Crippen molar-refractivity contribution in [3.63, 3.8) is 0 Å². The summed E-state index contributed by atoms with van der Waals surface area (Å²) >= 11 is 5.76. The maximum absolute atomic E-state index is 12.0. The highest BCUT2D eigenvalue weighted by Gasteiger charge is 2.28. The molecule has 0 saturated carbocycles. The third-order valence-electron chi connectivity index (χ3n) is 1.89. The topological polar surface area (TPSA) is 46.5 Å². The van der Waals surface area contributed by atoms with E-state index < -0.39 is 7.37 Å². The van der Waals surface area contributed by atoms with Gasteiger partial charge in [0.15, 0.2) is 0 Å². The van der Waals surface area contributed by atoms with Gasteiger partial charge in [0, 0.05) is 5.82 Å². The number of rotatable bonds is 3. The van der Waals surface area contributed by atoms with Crippen LogP contribution in [0.2, 0.25) is 0 Å². The minimum Gasteiger partial charge on any atom is -0.506 e. The second-order valence-corrected chi connectivity index (χ2v) is 5.99. The van der Waals surface area contributed by atoms with Crippen molar-refractivity contribution in [2.24, 2.45) is 0 Å². The van der Waals surface area contributed by atoms with Crippen molar-refractivity contribution in [2.45, 2.75) is 20.3 Å². The number of halogens is 1. The van der Waals surface area contributed by atoms with Crippen LogP contribution in [0.5, 0.6) is 0 Å². The van der Waals surface area contributed by atoms with Crippen LogP contribution in [0.15, 0.2) is 22.2 Å². The molecule has 0 saturated heterocycles. The molecule has 1 atom stereocenters. The predicted octanol–water partition coefficient (Wildman–Crippen LogP) is 3.62.